The molecule has 1 aliphatic rings. The van der Waals surface area contributed by atoms with Crippen molar-refractivity contribution in [1.29, 1.82) is 0 Å². The maximum absolute atomic E-state index is 12.9. The summed E-state index contributed by atoms with van der Waals surface area (Å²) in [7, 11) is -3.54. The Labute approximate surface area is 164 Å². The Morgan fingerprint density at radius 2 is 1.54 bits per heavy atom. The summed E-state index contributed by atoms with van der Waals surface area (Å²) in [6.45, 7) is 0.738. The van der Waals surface area contributed by atoms with Gasteiger partial charge in [0.05, 0.1) is 4.90 Å². The summed E-state index contributed by atoms with van der Waals surface area (Å²) in [5.74, 6) is -0.190. The largest absolute Gasteiger partial charge is 0.322 e. The van der Waals surface area contributed by atoms with Crippen LogP contribution in [-0.2, 0) is 23.0 Å². The molecule has 0 bridgehead atoms. The van der Waals surface area contributed by atoms with Gasteiger partial charge in [0.15, 0.2) is 0 Å². The third kappa shape index (κ3) is 3.69. The molecule has 0 radical (unpaired) electrons. The molecule has 0 saturated carbocycles. The summed E-state index contributed by atoms with van der Waals surface area (Å²) in [5, 5.41) is 2.89. The molecule has 28 heavy (non-hydrogen) atoms. The van der Waals surface area contributed by atoms with Crippen LogP contribution in [-0.4, -0.2) is 25.2 Å². The smallest absolute Gasteiger partial charge is 0.255 e. The fourth-order valence-electron chi connectivity index (χ4n) is 3.35. The minimum Gasteiger partial charge on any atom is -0.322 e. The molecule has 4 rings (SSSR count). The van der Waals surface area contributed by atoms with Gasteiger partial charge in [-0.3, -0.25) is 4.79 Å². The Kier molecular flexibility index (Phi) is 4.98. The van der Waals surface area contributed by atoms with E-state index in [1.807, 2.05) is 36.4 Å². The normalized spacial score (nSPS) is 14.3. The standard InChI is InChI=1S/C22H20N2O3S/c25-22(18-7-3-1-4-8-18)23-20-12-11-17-13-14-24(16-19(17)15-20)28(26,27)21-9-5-2-6-10-21/h1-12,15H,13-14,16H2,(H,23,25). The van der Waals surface area contributed by atoms with Crippen LogP contribution in [0, 0.1) is 0 Å². The van der Waals surface area contributed by atoms with Gasteiger partial charge in [-0.05, 0) is 53.9 Å². The second kappa shape index (κ2) is 7.58. The third-order valence-corrected chi connectivity index (χ3v) is 6.72. The van der Waals surface area contributed by atoms with Crippen LogP contribution in [0.1, 0.15) is 21.5 Å². The number of nitrogens with one attached hydrogen (secondary N) is 1. The van der Waals surface area contributed by atoms with Crippen LogP contribution in [0.3, 0.4) is 0 Å². The van der Waals surface area contributed by atoms with Crippen molar-refractivity contribution in [2.75, 3.05) is 11.9 Å². The highest BCUT2D eigenvalue weighted by Crippen LogP contribution is 2.27. The van der Waals surface area contributed by atoms with Gasteiger partial charge in [0, 0.05) is 24.3 Å². The van der Waals surface area contributed by atoms with E-state index < -0.39 is 10.0 Å². The Balaban J connectivity index is 1.55. The number of amides is 1. The molecule has 5 nitrogen and oxygen atoms in total. The number of rotatable bonds is 4. The summed E-state index contributed by atoms with van der Waals surface area (Å²) in [6, 6.07) is 23.1. The van der Waals surface area contributed by atoms with E-state index in [9.17, 15) is 13.2 Å². The molecule has 0 fully saturated rings. The fourth-order valence-corrected chi connectivity index (χ4v) is 4.79. The first-order chi connectivity index (χ1) is 13.5. The van der Waals surface area contributed by atoms with E-state index in [1.54, 1.807) is 42.5 Å². The highest BCUT2D eigenvalue weighted by molar-refractivity contribution is 7.89. The summed E-state index contributed by atoms with van der Waals surface area (Å²) in [4.78, 5) is 12.7. The second-order valence-electron chi connectivity index (χ2n) is 6.71. The second-order valence-corrected chi connectivity index (χ2v) is 8.64. The van der Waals surface area contributed by atoms with E-state index in [0.29, 0.717) is 35.7 Å². The highest BCUT2D eigenvalue weighted by atomic mass is 32.2. The number of sulfonamides is 1. The number of benzene rings is 3. The lowest BCUT2D eigenvalue weighted by Crippen LogP contribution is -2.36. The molecule has 3 aromatic carbocycles. The zero-order valence-corrected chi connectivity index (χ0v) is 16.0. The predicted molar refractivity (Wildman–Crippen MR) is 109 cm³/mol. The summed E-state index contributed by atoms with van der Waals surface area (Å²) in [5.41, 5.74) is 3.26. The zero-order valence-electron chi connectivity index (χ0n) is 15.2. The van der Waals surface area contributed by atoms with Gasteiger partial charge >= 0.3 is 0 Å². The molecule has 1 heterocycles. The quantitative estimate of drug-likeness (QED) is 0.736. The van der Waals surface area contributed by atoms with Gasteiger partial charge in [-0.15, -0.1) is 0 Å². The van der Waals surface area contributed by atoms with Gasteiger partial charge in [-0.1, -0.05) is 42.5 Å². The average molecular weight is 392 g/mol. The number of hydrogen-bond donors (Lipinski definition) is 1. The van der Waals surface area contributed by atoms with Crippen molar-refractivity contribution in [3.63, 3.8) is 0 Å². The van der Waals surface area contributed by atoms with Crippen LogP contribution in [0.4, 0.5) is 5.69 Å². The maximum Gasteiger partial charge on any atom is 0.255 e. The van der Waals surface area contributed by atoms with Crippen molar-refractivity contribution in [3.05, 3.63) is 95.6 Å². The van der Waals surface area contributed by atoms with Gasteiger partial charge in [0.1, 0.15) is 0 Å². The Bertz CT molecular complexity index is 1100. The number of nitrogens with zero attached hydrogens (tertiary/aromatic N) is 1. The van der Waals surface area contributed by atoms with Gasteiger partial charge in [0.2, 0.25) is 10.0 Å². The minimum absolute atomic E-state index is 0.190. The van der Waals surface area contributed by atoms with Crippen LogP contribution in [0.2, 0.25) is 0 Å². The van der Waals surface area contributed by atoms with Crippen molar-refractivity contribution >= 4 is 21.6 Å². The Morgan fingerprint density at radius 1 is 0.857 bits per heavy atom. The maximum atomic E-state index is 12.9. The van der Waals surface area contributed by atoms with Crippen molar-refractivity contribution in [2.24, 2.45) is 0 Å². The van der Waals surface area contributed by atoms with Crippen molar-refractivity contribution in [1.82, 2.24) is 4.31 Å². The highest BCUT2D eigenvalue weighted by Gasteiger charge is 2.28. The predicted octanol–water partition coefficient (Wildman–Crippen LogP) is 3.69. The molecule has 0 saturated heterocycles. The first-order valence-electron chi connectivity index (χ1n) is 9.07. The fraction of sp³-hybridized carbons (Fsp3) is 0.136. The summed E-state index contributed by atoms with van der Waals surface area (Å²) < 4.78 is 27.3. The van der Waals surface area contributed by atoms with Gasteiger partial charge in [-0.2, -0.15) is 4.31 Å². The molecular weight excluding hydrogens is 372 g/mol. The topological polar surface area (TPSA) is 66.5 Å². The van der Waals surface area contributed by atoms with E-state index in [-0.39, 0.29) is 5.91 Å². The van der Waals surface area contributed by atoms with Crippen LogP contribution >= 0.6 is 0 Å². The molecule has 0 unspecified atom stereocenters. The lowest BCUT2D eigenvalue weighted by molar-refractivity contribution is 0.102. The molecule has 3 aromatic rings. The number of anilines is 1. The average Bonchev–Trinajstić information content (AvgIpc) is 2.74. The van der Waals surface area contributed by atoms with Crippen LogP contribution < -0.4 is 5.32 Å². The molecule has 142 valence electrons. The molecule has 1 amide bonds. The van der Waals surface area contributed by atoms with Gasteiger partial charge in [-0.25, -0.2) is 8.42 Å². The van der Waals surface area contributed by atoms with Gasteiger partial charge < -0.3 is 5.32 Å². The lowest BCUT2D eigenvalue weighted by atomic mass is 10.0. The van der Waals surface area contributed by atoms with E-state index in [0.717, 1.165) is 11.1 Å². The number of fused-ring (bicyclic) bond motifs is 1. The number of carbonyl (C=O) groups is 1. The Hall–Kier alpha value is -2.96. The van der Waals surface area contributed by atoms with E-state index >= 15 is 0 Å². The summed E-state index contributed by atoms with van der Waals surface area (Å²) >= 11 is 0. The van der Waals surface area contributed by atoms with Crippen molar-refractivity contribution in [3.8, 4) is 0 Å². The van der Waals surface area contributed by atoms with E-state index in [2.05, 4.69) is 5.32 Å². The zero-order chi connectivity index (χ0) is 19.6. The van der Waals surface area contributed by atoms with Gasteiger partial charge in [0.25, 0.3) is 5.91 Å². The molecule has 0 atom stereocenters. The molecular formula is C22H20N2O3S. The third-order valence-electron chi connectivity index (χ3n) is 4.86. The molecule has 0 aromatic heterocycles. The number of hydrogen-bond acceptors (Lipinski definition) is 3. The first kappa shape index (κ1) is 18.4. The van der Waals surface area contributed by atoms with Crippen LogP contribution in [0.5, 0.6) is 0 Å². The van der Waals surface area contributed by atoms with Crippen LogP contribution in [0.25, 0.3) is 0 Å². The number of carbonyl (C=O) groups excluding carboxylic acids is 1. The molecule has 1 N–H and O–H groups in total. The first-order valence-corrected chi connectivity index (χ1v) is 10.5. The Morgan fingerprint density at radius 3 is 2.25 bits per heavy atom. The van der Waals surface area contributed by atoms with Crippen molar-refractivity contribution in [2.45, 2.75) is 17.9 Å². The summed E-state index contributed by atoms with van der Waals surface area (Å²) in [6.07, 6.45) is 0.647. The monoisotopic (exact) mass is 392 g/mol. The SMILES string of the molecule is O=C(Nc1ccc2c(c1)CN(S(=O)(=O)c1ccccc1)CC2)c1ccccc1. The van der Waals surface area contributed by atoms with Crippen molar-refractivity contribution < 1.29 is 13.2 Å². The minimum atomic E-state index is -3.54. The molecule has 1 aliphatic heterocycles. The molecule has 6 heteroatoms. The molecule has 0 spiro atoms. The van der Waals surface area contributed by atoms with Crippen LogP contribution in [0.15, 0.2) is 83.8 Å². The van der Waals surface area contributed by atoms with E-state index in [1.165, 1.54) is 4.31 Å². The lowest BCUT2D eigenvalue weighted by Gasteiger charge is -2.28. The van der Waals surface area contributed by atoms with E-state index in [4.69, 9.17) is 0 Å². The molecule has 0 aliphatic carbocycles.